The summed E-state index contributed by atoms with van der Waals surface area (Å²) in [6, 6.07) is 10.4. The first-order chi connectivity index (χ1) is 13.0. The van der Waals surface area contributed by atoms with Crippen molar-refractivity contribution in [1.29, 1.82) is 0 Å². The number of nitro groups is 1. The number of hydrogen-bond acceptors (Lipinski definition) is 7. The molecule has 0 saturated carbocycles. The first-order valence-electron chi connectivity index (χ1n) is 7.86. The number of nitrogens with zero attached hydrogens (tertiary/aromatic N) is 5. The van der Waals surface area contributed by atoms with E-state index in [1.54, 1.807) is 18.2 Å². The molecule has 3 aromatic heterocycles. The highest BCUT2D eigenvalue weighted by Gasteiger charge is 2.19. The number of halogens is 1. The van der Waals surface area contributed by atoms with Crippen LogP contribution in [0.3, 0.4) is 0 Å². The summed E-state index contributed by atoms with van der Waals surface area (Å²) >= 11 is 4.70. The van der Waals surface area contributed by atoms with Crippen molar-refractivity contribution in [2.24, 2.45) is 0 Å². The van der Waals surface area contributed by atoms with E-state index >= 15 is 0 Å². The molecule has 0 saturated heterocycles. The number of nitro benzene ring substituents is 1. The van der Waals surface area contributed by atoms with E-state index in [-0.39, 0.29) is 5.69 Å². The number of hydrogen-bond donors (Lipinski definition) is 0. The molecule has 0 bridgehead atoms. The maximum absolute atomic E-state index is 11.1. The van der Waals surface area contributed by atoms with Gasteiger partial charge in [0.1, 0.15) is 11.3 Å². The second-order valence-corrected chi connectivity index (χ2v) is 7.51. The third-order valence-electron chi connectivity index (χ3n) is 3.91. The van der Waals surface area contributed by atoms with E-state index in [9.17, 15) is 10.1 Å². The zero-order valence-electron chi connectivity index (χ0n) is 14.0. The molecule has 0 aliphatic heterocycles. The van der Waals surface area contributed by atoms with Crippen molar-refractivity contribution < 1.29 is 9.34 Å². The van der Waals surface area contributed by atoms with Gasteiger partial charge < -0.3 is 4.42 Å². The summed E-state index contributed by atoms with van der Waals surface area (Å²) in [6.07, 6.45) is 1.88. The lowest BCUT2D eigenvalue weighted by Gasteiger charge is -2.00. The number of pyridine rings is 1. The normalized spacial score (nSPS) is 11.2. The lowest BCUT2D eigenvalue weighted by Crippen LogP contribution is -1.93. The summed E-state index contributed by atoms with van der Waals surface area (Å²) in [5, 5.41) is 19.6. The number of aryl methyl sites for hydroxylation is 1. The Hall–Kier alpha value is -2.72. The van der Waals surface area contributed by atoms with E-state index < -0.39 is 4.92 Å². The molecular formula is C17H12BrN5O3S. The van der Waals surface area contributed by atoms with E-state index in [2.05, 4.69) is 31.1 Å². The Morgan fingerprint density at radius 2 is 2.07 bits per heavy atom. The molecule has 0 spiro atoms. The molecule has 0 N–H and O–H groups in total. The third kappa shape index (κ3) is 3.45. The summed E-state index contributed by atoms with van der Waals surface area (Å²) in [4.78, 5) is 15.2. The van der Waals surface area contributed by atoms with E-state index in [4.69, 9.17) is 4.42 Å². The van der Waals surface area contributed by atoms with Gasteiger partial charge in [0.25, 0.3) is 16.8 Å². The van der Waals surface area contributed by atoms with Gasteiger partial charge in [0.2, 0.25) is 0 Å². The van der Waals surface area contributed by atoms with Crippen molar-refractivity contribution in [3.63, 3.8) is 0 Å². The minimum absolute atomic E-state index is 0.0761. The Labute approximate surface area is 165 Å². The van der Waals surface area contributed by atoms with Crippen LogP contribution in [0, 0.1) is 17.0 Å². The lowest BCUT2D eigenvalue weighted by molar-refractivity contribution is -0.385. The monoisotopic (exact) mass is 445 g/mol. The number of para-hydroxylation sites is 1. The van der Waals surface area contributed by atoms with Gasteiger partial charge in [0.05, 0.1) is 10.6 Å². The van der Waals surface area contributed by atoms with Crippen molar-refractivity contribution in [3.8, 4) is 11.6 Å². The van der Waals surface area contributed by atoms with Crippen LogP contribution in [0.2, 0.25) is 0 Å². The van der Waals surface area contributed by atoms with Gasteiger partial charge in [0, 0.05) is 28.1 Å². The molecule has 10 heteroatoms. The summed E-state index contributed by atoms with van der Waals surface area (Å²) < 4.78 is 8.55. The van der Waals surface area contributed by atoms with Crippen molar-refractivity contribution in [2.45, 2.75) is 17.9 Å². The highest BCUT2D eigenvalue weighted by molar-refractivity contribution is 9.10. The van der Waals surface area contributed by atoms with Crippen LogP contribution in [0.15, 0.2) is 56.7 Å². The Bertz CT molecular complexity index is 1160. The SMILES string of the molecule is Cc1nc2ccc(Br)cn2c1-c1nnc(SCc2ccccc2[N+](=O)[O-])o1. The quantitative estimate of drug-likeness (QED) is 0.250. The highest BCUT2D eigenvalue weighted by Crippen LogP contribution is 2.30. The molecule has 0 unspecified atom stereocenters. The Kier molecular flexibility index (Phi) is 4.66. The van der Waals surface area contributed by atoms with E-state index in [1.807, 2.05) is 29.7 Å². The predicted octanol–water partition coefficient (Wildman–Crippen LogP) is 4.66. The van der Waals surface area contributed by atoms with Crippen LogP contribution in [0.25, 0.3) is 17.2 Å². The van der Waals surface area contributed by atoms with Crippen molar-refractivity contribution in [2.75, 3.05) is 0 Å². The number of benzene rings is 1. The fourth-order valence-corrected chi connectivity index (χ4v) is 3.80. The van der Waals surface area contributed by atoms with Gasteiger partial charge in [0.15, 0.2) is 0 Å². The second kappa shape index (κ2) is 7.12. The molecule has 0 amide bonds. The zero-order chi connectivity index (χ0) is 19.0. The standard InChI is InChI=1S/C17H12BrN5O3S/c1-10-15(22-8-12(18)6-7-14(22)19-10)16-20-21-17(26-16)27-9-11-4-2-3-5-13(11)23(24)25/h2-8H,9H2,1H3. The number of fused-ring (bicyclic) bond motifs is 1. The molecule has 0 radical (unpaired) electrons. The molecule has 0 fully saturated rings. The molecular weight excluding hydrogens is 434 g/mol. The van der Waals surface area contributed by atoms with Crippen LogP contribution in [-0.2, 0) is 5.75 Å². The average molecular weight is 446 g/mol. The van der Waals surface area contributed by atoms with Crippen molar-refractivity contribution in [3.05, 3.63) is 68.4 Å². The molecule has 4 aromatic rings. The second-order valence-electron chi connectivity index (χ2n) is 5.67. The fourth-order valence-electron chi connectivity index (χ4n) is 2.71. The van der Waals surface area contributed by atoms with Crippen LogP contribution in [0.5, 0.6) is 0 Å². The topological polar surface area (TPSA) is 99.4 Å². The smallest absolute Gasteiger partial charge is 0.277 e. The van der Waals surface area contributed by atoms with Crippen molar-refractivity contribution in [1.82, 2.24) is 19.6 Å². The molecule has 3 heterocycles. The number of imidazole rings is 1. The molecule has 1 aromatic carbocycles. The largest absolute Gasteiger partial charge is 0.410 e. The van der Waals surface area contributed by atoms with Gasteiger partial charge in [-0.25, -0.2) is 4.98 Å². The molecule has 0 aliphatic rings. The predicted molar refractivity (Wildman–Crippen MR) is 104 cm³/mol. The van der Waals surface area contributed by atoms with Crippen LogP contribution >= 0.6 is 27.7 Å². The van der Waals surface area contributed by atoms with Gasteiger partial charge in [-0.2, -0.15) is 0 Å². The summed E-state index contributed by atoms with van der Waals surface area (Å²) in [5.74, 6) is 0.708. The van der Waals surface area contributed by atoms with Gasteiger partial charge >= 0.3 is 0 Å². The van der Waals surface area contributed by atoms with Gasteiger partial charge in [-0.15, -0.1) is 10.2 Å². The Morgan fingerprint density at radius 3 is 2.89 bits per heavy atom. The van der Waals surface area contributed by atoms with Crippen LogP contribution in [0.1, 0.15) is 11.3 Å². The maximum Gasteiger partial charge on any atom is 0.277 e. The number of thioether (sulfide) groups is 1. The average Bonchev–Trinajstić information content (AvgIpc) is 3.23. The first kappa shape index (κ1) is 17.7. The Morgan fingerprint density at radius 1 is 1.26 bits per heavy atom. The van der Waals surface area contributed by atoms with Gasteiger partial charge in [-0.1, -0.05) is 30.0 Å². The van der Waals surface area contributed by atoms with Gasteiger partial charge in [-0.3, -0.25) is 14.5 Å². The fraction of sp³-hybridized carbons (Fsp3) is 0.118. The number of aromatic nitrogens is 4. The minimum atomic E-state index is -0.394. The summed E-state index contributed by atoms with van der Waals surface area (Å²) in [7, 11) is 0. The van der Waals surface area contributed by atoms with Gasteiger partial charge in [-0.05, 0) is 35.0 Å². The molecule has 0 atom stereocenters. The maximum atomic E-state index is 11.1. The lowest BCUT2D eigenvalue weighted by atomic mass is 10.2. The third-order valence-corrected chi connectivity index (χ3v) is 5.24. The first-order valence-corrected chi connectivity index (χ1v) is 9.64. The summed E-state index contributed by atoms with van der Waals surface area (Å²) in [5.41, 5.74) is 2.94. The highest BCUT2D eigenvalue weighted by atomic mass is 79.9. The minimum Gasteiger partial charge on any atom is -0.410 e. The summed E-state index contributed by atoms with van der Waals surface area (Å²) in [6.45, 7) is 1.88. The Balaban J connectivity index is 1.61. The van der Waals surface area contributed by atoms with E-state index in [0.29, 0.717) is 22.4 Å². The molecule has 136 valence electrons. The number of rotatable bonds is 5. The molecule has 0 aliphatic carbocycles. The molecule has 4 rings (SSSR count). The zero-order valence-corrected chi connectivity index (χ0v) is 16.4. The molecule has 27 heavy (non-hydrogen) atoms. The van der Waals surface area contributed by atoms with E-state index in [0.717, 1.165) is 21.5 Å². The van der Waals surface area contributed by atoms with Crippen molar-refractivity contribution >= 4 is 39.0 Å². The van der Waals surface area contributed by atoms with Crippen LogP contribution < -0.4 is 0 Å². The van der Waals surface area contributed by atoms with E-state index in [1.165, 1.54) is 17.8 Å². The van der Waals surface area contributed by atoms with Crippen LogP contribution in [-0.4, -0.2) is 24.5 Å². The molecule has 8 nitrogen and oxygen atoms in total. The van der Waals surface area contributed by atoms with Crippen LogP contribution in [0.4, 0.5) is 5.69 Å².